The molecule has 2 fully saturated rings. The molecule has 0 radical (unpaired) electrons. The summed E-state index contributed by atoms with van der Waals surface area (Å²) in [6.07, 6.45) is 5.68. The van der Waals surface area contributed by atoms with Crippen LogP contribution in [0.1, 0.15) is 59.4 Å². The van der Waals surface area contributed by atoms with Crippen LogP contribution in [0.25, 0.3) is 5.69 Å². The molecule has 34 heavy (non-hydrogen) atoms. The Morgan fingerprint density at radius 1 is 1.09 bits per heavy atom. The Kier molecular flexibility index (Phi) is 6.68. The average Bonchev–Trinajstić information content (AvgIpc) is 3.65. The lowest BCUT2D eigenvalue weighted by molar-refractivity contribution is -0.0110. The van der Waals surface area contributed by atoms with E-state index in [0.29, 0.717) is 24.8 Å². The molecule has 0 spiro atoms. The molecule has 0 bridgehead atoms. The highest BCUT2D eigenvalue weighted by atomic mass is 16.5. The van der Waals surface area contributed by atoms with E-state index in [1.165, 1.54) is 6.42 Å². The highest BCUT2D eigenvalue weighted by Crippen LogP contribution is 2.31. The third kappa shape index (κ3) is 5.33. The minimum Gasteiger partial charge on any atom is -0.491 e. The van der Waals surface area contributed by atoms with E-state index in [4.69, 9.17) is 9.47 Å². The standard InChI is InChI=1S/C28H33N3O3/c1-20-15-21(2)31(29-20)25-9-6-8-23(17-25)28(32)30(24-12-13-24)18-22-7-5-11-26(16-22)34-19-27-10-3-4-14-33-27/h5-9,11,15-17,24,27H,3-4,10,12-14,18-19H2,1-2H3. The van der Waals surface area contributed by atoms with E-state index < -0.39 is 0 Å². The topological polar surface area (TPSA) is 56.6 Å². The quantitative estimate of drug-likeness (QED) is 0.462. The summed E-state index contributed by atoms with van der Waals surface area (Å²) in [6, 6.07) is 18.2. The minimum atomic E-state index is 0.0628. The predicted molar refractivity (Wildman–Crippen MR) is 131 cm³/mol. The number of rotatable bonds is 8. The maximum atomic E-state index is 13.6. The van der Waals surface area contributed by atoms with Crippen LogP contribution in [0.3, 0.4) is 0 Å². The lowest BCUT2D eigenvalue weighted by Crippen LogP contribution is -2.32. The van der Waals surface area contributed by atoms with E-state index in [-0.39, 0.29) is 12.0 Å². The molecule has 0 N–H and O–H groups in total. The summed E-state index contributed by atoms with van der Waals surface area (Å²) in [4.78, 5) is 15.6. The second-order valence-corrected chi connectivity index (χ2v) is 9.50. The van der Waals surface area contributed by atoms with E-state index in [1.807, 2.05) is 65.9 Å². The van der Waals surface area contributed by atoms with Gasteiger partial charge < -0.3 is 14.4 Å². The molecule has 1 aliphatic heterocycles. The van der Waals surface area contributed by atoms with Gasteiger partial charge in [0.15, 0.2) is 0 Å². The summed E-state index contributed by atoms with van der Waals surface area (Å²) in [5, 5.41) is 4.57. The Hall–Kier alpha value is -3.12. The summed E-state index contributed by atoms with van der Waals surface area (Å²) < 4.78 is 13.7. The summed E-state index contributed by atoms with van der Waals surface area (Å²) in [5.74, 6) is 0.897. The summed E-state index contributed by atoms with van der Waals surface area (Å²) in [5.41, 5.74) is 4.70. The molecule has 5 rings (SSSR count). The van der Waals surface area contributed by atoms with Crippen LogP contribution < -0.4 is 4.74 Å². The van der Waals surface area contributed by atoms with Crippen LogP contribution in [-0.2, 0) is 11.3 Å². The number of hydrogen-bond acceptors (Lipinski definition) is 4. The van der Waals surface area contributed by atoms with Crippen LogP contribution >= 0.6 is 0 Å². The second-order valence-electron chi connectivity index (χ2n) is 9.50. The third-order valence-corrected chi connectivity index (χ3v) is 6.56. The van der Waals surface area contributed by atoms with Crippen LogP contribution in [-0.4, -0.2) is 45.9 Å². The van der Waals surface area contributed by atoms with Gasteiger partial charge >= 0.3 is 0 Å². The van der Waals surface area contributed by atoms with Gasteiger partial charge in [-0.2, -0.15) is 5.10 Å². The number of aromatic nitrogens is 2. The van der Waals surface area contributed by atoms with E-state index in [1.54, 1.807) is 0 Å². The van der Waals surface area contributed by atoms with E-state index in [9.17, 15) is 4.79 Å². The molecule has 6 heteroatoms. The van der Waals surface area contributed by atoms with Crippen molar-refractivity contribution in [3.05, 3.63) is 77.1 Å². The SMILES string of the molecule is Cc1cc(C)n(-c2cccc(C(=O)N(Cc3cccc(OCC4CCCCO4)c3)C3CC3)c2)n1. The first-order valence-corrected chi connectivity index (χ1v) is 12.3. The first kappa shape index (κ1) is 22.7. The number of carbonyl (C=O) groups is 1. The lowest BCUT2D eigenvalue weighted by atomic mass is 10.1. The molecule has 178 valence electrons. The van der Waals surface area contributed by atoms with Crippen molar-refractivity contribution >= 4 is 5.91 Å². The Balaban J connectivity index is 1.30. The van der Waals surface area contributed by atoms with Gasteiger partial charge in [0.2, 0.25) is 0 Å². The average molecular weight is 460 g/mol. The third-order valence-electron chi connectivity index (χ3n) is 6.56. The first-order valence-electron chi connectivity index (χ1n) is 12.3. The fraction of sp³-hybridized carbons (Fsp3) is 0.429. The Morgan fingerprint density at radius 3 is 2.68 bits per heavy atom. The van der Waals surface area contributed by atoms with Crippen molar-refractivity contribution in [1.29, 1.82) is 0 Å². The van der Waals surface area contributed by atoms with Crippen molar-refractivity contribution in [3.8, 4) is 11.4 Å². The first-order chi connectivity index (χ1) is 16.6. The zero-order chi connectivity index (χ0) is 23.5. The fourth-order valence-electron chi connectivity index (χ4n) is 4.64. The molecule has 2 heterocycles. The van der Waals surface area contributed by atoms with Gasteiger partial charge in [-0.15, -0.1) is 0 Å². The largest absolute Gasteiger partial charge is 0.491 e. The van der Waals surface area contributed by atoms with E-state index in [2.05, 4.69) is 17.2 Å². The summed E-state index contributed by atoms with van der Waals surface area (Å²) in [6.45, 7) is 5.99. The van der Waals surface area contributed by atoms with Gasteiger partial charge in [0.1, 0.15) is 12.4 Å². The lowest BCUT2D eigenvalue weighted by Gasteiger charge is -2.24. The molecule has 1 saturated heterocycles. The molecular formula is C28H33N3O3. The summed E-state index contributed by atoms with van der Waals surface area (Å²) in [7, 11) is 0. The molecule has 1 aromatic heterocycles. The molecule has 2 aromatic carbocycles. The normalized spacial score (nSPS) is 18.0. The van der Waals surface area contributed by atoms with Crippen molar-refractivity contribution in [2.24, 2.45) is 0 Å². The maximum Gasteiger partial charge on any atom is 0.254 e. The minimum absolute atomic E-state index is 0.0628. The van der Waals surface area contributed by atoms with Crippen molar-refractivity contribution in [1.82, 2.24) is 14.7 Å². The molecule has 1 saturated carbocycles. The van der Waals surface area contributed by atoms with Crippen LogP contribution in [0, 0.1) is 13.8 Å². The molecule has 1 aliphatic carbocycles. The van der Waals surface area contributed by atoms with Crippen LogP contribution in [0.4, 0.5) is 0 Å². The van der Waals surface area contributed by atoms with Gasteiger partial charge in [0.05, 0.1) is 17.5 Å². The molecule has 1 amide bonds. The van der Waals surface area contributed by atoms with Gasteiger partial charge in [-0.25, -0.2) is 4.68 Å². The Morgan fingerprint density at radius 2 is 1.94 bits per heavy atom. The fourth-order valence-corrected chi connectivity index (χ4v) is 4.64. The van der Waals surface area contributed by atoms with E-state index >= 15 is 0 Å². The van der Waals surface area contributed by atoms with Crippen LogP contribution in [0.15, 0.2) is 54.6 Å². The zero-order valence-corrected chi connectivity index (χ0v) is 20.1. The monoisotopic (exact) mass is 459 g/mol. The number of benzene rings is 2. The number of nitrogens with zero attached hydrogens (tertiary/aromatic N) is 3. The van der Waals surface area contributed by atoms with Crippen LogP contribution in [0.2, 0.25) is 0 Å². The molecule has 2 aliphatic rings. The highest BCUT2D eigenvalue weighted by Gasteiger charge is 2.33. The maximum absolute atomic E-state index is 13.6. The van der Waals surface area contributed by atoms with Gasteiger partial charge in [-0.05, 0) is 87.9 Å². The van der Waals surface area contributed by atoms with Crippen molar-refractivity contribution in [2.75, 3.05) is 13.2 Å². The summed E-state index contributed by atoms with van der Waals surface area (Å²) >= 11 is 0. The number of aryl methyl sites for hydroxylation is 2. The molecule has 3 aromatic rings. The van der Waals surface area contributed by atoms with Gasteiger partial charge in [-0.1, -0.05) is 18.2 Å². The van der Waals surface area contributed by atoms with Gasteiger partial charge in [0.25, 0.3) is 5.91 Å². The van der Waals surface area contributed by atoms with Crippen molar-refractivity contribution < 1.29 is 14.3 Å². The Bertz CT molecular complexity index is 1150. The zero-order valence-electron chi connectivity index (χ0n) is 20.1. The van der Waals surface area contributed by atoms with Crippen LogP contribution in [0.5, 0.6) is 5.75 Å². The van der Waals surface area contributed by atoms with Gasteiger partial charge in [0, 0.05) is 30.5 Å². The molecular weight excluding hydrogens is 426 g/mol. The Labute approximate surface area is 201 Å². The number of hydrogen-bond donors (Lipinski definition) is 0. The number of carbonyl (C=O) groups excluding carboxylic acids is 1. The van der Waals surface area contributed by atoms with Crippen molar-refractivity contribution in [3.63, 3.8) is 0 Å². The molecule has 1 unspecified atom stereocenters. The van der Waals surface area contributed by atoms with E-state index in [0.717, 1.165) is 60.7 Å². The predicted octanol–water partition coefficient (Wildman–Crippen LogP) is 5.24. The smallest absolute Gasteiger partial charge is 0.254 e. The molecule has 6 nitrogen and oxygen atoms in total. The number of amides is 1. The van der Waals surface area contributed by atoms with Crippen molar-refractivity contribution in [2.45, 2.75) is 64.6 Å². The van der Waals surface area contributed by atoms with Gasteiger partial charge in [-0.3, -0.25) is 4.79 Å². The second kappa shape index (κ2) is 10.0. The molecule has 1 atom stereocenters. The highest BCUT2D eigenvalue weighted by molar-refractivity contribution is 5.95. The number of ether oxygens (including phenoxy) is 2.